The Labute approximate surface area is 146 Å². The summed E-state index contributed by atoms with van der Waals surface area (Å²) in [6.45, 7) is 0. The summed E-state index contributed by atoms with van der Waals surface area (Å²) in [6.07, 6.45) is -2.30. The molecular weight excluding hydrogens is 348 g/mol. The lowest BCUT2D eigenvalue weighted by molar-refractivity contribution is 0.106. The Balaban J connectivity index is 1.52. The van der Waals surface area contributed by atoms with Crippen LogP contribution in [-0.2, 0) is 13.5 Å². The maximum Gasteiger partial charge on any atom is 0.315 e. The zero-order valence-electron chi connectivity index (χ0n) is 13.7. The smallest absolute Gasteiger partial charge is 0.315 e. The van der Waals surface area contributed by atoms with Crippen LogP contribution in [0.15, 0.2) is 22.7 Å². The van der Waals surface area contributed by atoms with Crippen molar-refractivity contribution in [2.45, 2.75) is 31.5 Å². The second-order valence-electron chi connectivity index (χ2n) is 5.97. The fraction of sp³-hybridized carbons (Fsp3) is 0.400. The van der Waals surface area contributed by atoms with Crippen molar-refractivity contribution in [3.8, 4) is 11.4 Å². The summed E-state index contributed by atoms with van der Waals surface area (Å²) in [6, 6.07) is 5.38. The molecule has 136 valence electrons. The van der Waals surface area contributed by atoms with E-state index in [0.29, 0.717) is 5.56 Å². The van der Waals surface area contributed by atoms with Crippen LogP contribution >= 0.6 is 0 Å². The molecular formula is C15H15F2N7O2. The third-order valence-electron chi connectivity index (χ3n) is 4.23. The summed E-state index contributed by atoms with van der Waals surface area (Å²) in [4.78, 5) is 4.98. The molecule has 2 N–H and O–H groups in total. The number of halogens is 2. The predicted octanol–water partition coefficient (Wildman–Crippen LogP) is 1.47. The van der Waals surface area contributed by atoms with Gasteiger partial charge >= 0.3 is 6.43 Å². The van der Waals surface area contributed by atoms with Crippen LogP contribution in [0.3, 0.4) is 0 Å². The van der Waals surface area contributed by atoms with Crippen molar-refractivity contribution in [3.63, 3.8) is 0 Å². The number of alkyl halides is 2. The molecule has 0 amide bonds. The third-order valence-corrected chi connectivity index (χ3v) is 4.23. The molecule has 0 spiro atoms. The minimum atomic E-state index is -2.80. The summed E-state index contributed by atoms with van der Waals surface area (Å²) in [5.74, 6) is -0.369. The number of tetrazole rings is 1. The summed E-state index contributed by atoms with van der Waals surface area (Å²) < 4.78 is 29.7. The molecule has 2 aromatic heterocycles. The minimum absolute atomic E-state index is 0.0836. The largest absolute Gasteiger partial charge is 0.371 e. The lowest BCUT2D eigenvalue weighted by atomic mass is 10.0. The van der Waals surface area contributed by atoms with E-state index in [2.05, 4.69) is 35.4 Å². The summed E-state index contributed by atoms with van der Waals surface area (Å²) in [5, 5.41) is 28.3. The van der Waals surface area contributed by atoms with Crippen molar-refractivity contribution in [1.82, 2.24) is 35.7 Å². The quantitative estimate of drug-likeness (QED) is 0.655. The van der Waals surface area contributed by atoms with Gasteiger partial charge in [-0.1, -0.05) is 17.3 Å². The first-order valence-corrected chi connectivity index (χ1v) is 7.94. The summed E-state index contributed by atoms with van der Waals surface area (Å²) in [7, 11) is 1.62. The second-order valence-corrected chi connectivity index (χ2v) is 5.97. The van der Waals surface area contributed by atoms with E-state index in [0.717, 1.165) is 24.0 Å². The Bertz CT molecular complexity index is 926. The monoisotopic (exact) mass is 363 g/mol. The molecule has 0 fully saturated rings. The lowest BCUT2D eigenvalue weighted by Gasteiger charge is -2.17. The maximum absolute atomic E-state index is 12.6. The van der Waals surface area contributed by atoms with Gasteiger partial charge in [0.2, 0.25) is 11.6 Å². The van der Waals surface area contributed by atoms with Crippen LogP contribution in [0.25, 0.3) is 11.4 Å². The van der Waals surface area contributed by atoms with Gasteiger partial charge < -0.3 is 9.63 Å². The number of nitrogens with zero attached hydrogens (tertiary/aromatic N) is 6. The molecule has 3 aromatic rings. The first-order valence-electron chi connectivity index (χ1n) is 7.94. The molecule has 0 radical (unpaired) electrons. The van der Waals surface area contributed by atoms with Crippen LogP contribution in [0, 0.1) is 0 Å². The SMILES string of the molecule is Cn1nnc(C(O)NC2CCc3cc(-c4noc(C(F)F)n4)ccc32)n1. The van der Waals surface area contributed by atoms with Gasteiger partial charge in [-0.2, -0.15) is 18.6 Å². The Morgan fingerprint density at radius 3 is 2.92 bits per heavy atom. The fourth-order valence-electron chi connectivity index (χ4n) is 3.04. The highest BCUT2D eigenvalue weighted by atomic mass is 19.3. The molecule has 2 atom stereocenters. The van der Waals surface area contributed by atoms with Gasteiger partial charge in [0.25, 0.3) is 5.89 Å². The van der Waals surface area contributed by atoms with E-state index < -0.39 is 18.5 Å². The van der Waals surface area contributed by atoms with E-state index in [1.165, 1.54) is 4.80 Å². The van der Waals surface area contributed by atoms with Crippen molar-refractivity contribution in [3.05, 3.63) is 41.0 Å². The second kappa shape index (κ2) is 6.50. The molecule has 0 saturated heterocycles. The van der Waals surface area contributed by atoms with Gasteiger partial charge in [-0.3, -0.25) is 5.32 Å². The van der Waals surface area contributed by atoms with Gasteiger partial charge in [-0.05, 0) is 35.2 Å². The molecule has 9 nitrogen and oxygen atoms in total. The van der Waals surface area contributed by atoms with Gasteiger partial charge in [0.1, 0.15) is 0 Å². The molecule has 4 rings (SSSR count). The topological polar surface area (TPSA) is 115 Å². The molecule has 1 aromatic carbocycles. The van der Waals surface area contributed by atoms with Crippen LogP contribution in [-0.4, -0.2) is 35.5 Å². The fourth-order valence-corrected chi connectivity index (χ4v) is 3.04. The van der Waals surface area contributed by atoms with Crippen molar-refractivity contribution >= 4 is 0 Å². The van der Waals surface area contributed by atoms with E-state index >= 15 is 0 Å². The number of rotatable bonds is 5. The van der Waals surface area contributed by atoms with Crippen LogP contribution in [0.2, 0.25) is 0 Å². The molecule has 2 heterocycles. The molecule has 2 unspecified atom stereocenters. The number of hydrogen-bond acceptors (Lipinski definition) is 8. The highest BCUT2D eigenvalue weighted by molar-refractivity contribution is 5.58. The highest BCUT2D eigenvalue weighted by Crippen LogP contribution is 2.35. The minimum Gasteiger partial charge on any atom is -0.371 e. The summed E-state index contributed by atoms with van der Waals surface area (Å²) in [5.41, 5.74) is 2.65. The van der Waals surface area contributed by atoms with Crippen LogP contribution in [0.5, 0.6) is 0 Å². The van der Waals surface area contributed by atoms with Crippen LogP contribution in [0.4, 0.5) is 8.78 Å². The maximum atomic E-state index is 12.6. The van der Waals surface area contributed by atoms with Crippen LogP contribution < -0.4 is 5.32 Å². The zero-order chi connectivity index (χ0) is 18.3. The van der Waals surface area contributed by atoms with Crippen molar-refractivity contribution in [2.24, 2.45) is 7.05 Å². The number of aryl methyl sites for hydroxylation is 2. The van der Waals surface area contributed by atoms with E-state index in [1.54, 1.807) is 13.1 Å². The zero-order valence-corrected chi connectivity index (χ0v) is 13.7. The van der Waals surface area contributed by atoms with Crippen molar-refractivity contribution in [2.75, 3.05) is 0 Å². The van der Waals surface area contributed by atoms with E-state index in [1.807, 2.05) is 12.1 Å². The average molecular weight is 363 g/mol. The Morgan fingerprint density at radius 1 is 1.38 bits per heavy atom. The molecule has 0 saturated carbocycles. The molecule has 1 aliphatic carbocycles. The van der Waals surface area contributed by atoms with Crippen LogP contribution in [0.1, 0.15) is 48.0 Å². The standard InChI is InChI=1S/C15H15F2N7O2/c1-24-21-13(20-23-24)14(25)18-10-5-3-7-6-8(2-4-9(7)10)12-19-15(11(16)17)26-22-12/h2,4,6,10-11,14,18,25H,3,5H2,1H3. The van der Waals surface area contributed by atoms with Gasteiger partial charge in [0.15, 0.2) is 6.23 Å². The van der Waals surface area contributed by atoms with E-state index in [-0.39, 0.29) is 17.7 Å². The van der Waals surface area contributed by atoms with Gasteiger partial charge in [-0.25, -0.2) is 0 Å². The number of aliphatic hydroxyl groups is 1. The normalized spacial score (nSPS) is 17.7. The van der Waals surface area contributed by atoms with Crippen molar-refractivity contribution in [1.29, 1.82) is 0 Å². The number of aliphatic hydroxyl groups excluding tert-OH is 1. The molecule has 11 heteroatoms. The average Bonchev–Trinajstić information content (AvgIpc) is 3.34. The predicted molar refractivity (Wildman–Crippen MR) is 82.6 cm³/mol. The number of hydrogen-bond donors (Lipinski definition) is 2. The Kier molecular flexibility index (Phi) is 4.17. The summed E-state index contributed by atoms with van der Waals surface area (Å²) >= 11 is 0. The third kappa shape index (κ3) is 3.06. The first kappa shape index (κ1) is 16.7. The number of benzene rings is 1. The van der Waals surface area contributed by atoms with E-state index in [9.17, 15) is 13.9 Å². The molecule has 26 heavy (non-hydrogen) atoms. The first-order chi connectivity index (χ1) is 12.5. The molecule has 0 aliphatic heterocycles. The Hall–Kier alpha value is -2.79. The highest BCUT2D eigenvalue weighted by Gasteiger charge is 2.27. The number of fused-ring (bicyclic) bond motifs is 1. The van der Waals surface area contributed by atoms with Gasteiger partial charge in [0, 0.05) is 11.6 Å². The number of aromatic nitrogens is 6. The van der Waals surface area contributed by atoms with Crippen molar-refractivity contribution < 1.29 is 18.4 Å². The number of nitrogens with one attached hydrogen (secondary N) is 1. The van der Waals surface area contributed by atoms with Gasteiger partial charge in [-0.15, -0.1) is 10.2 Å². The lowest BCUT2D eigenvalue weighted by Crippen LogP contribution is -2.26. The van der Waals surface area contributed by atoms with E-state index in [4.69, 9.17) is 0 Å². The van der Waals surface area contributed by atoms with Gasteiger partial charge in [0.05, 0.1) is 7.05 Å². The Morgan fingerprint density at radius 2 is 2.23 bits per heavy atom. The molecule has 0 bridgehead atoms. The molecule has 1 aliphatic rings.